The molecule has 0 saturated carbocycles. The summed E-state index contributed by atoms with van der Waals surface area (Å²) in [7, 11) is 2.10. The molecule has 0 atom stereocenters. The minimum absolute atomic E-state index is 0.613. The van der Waals surface area contributed by atoms with Gasteiger partial charge in [-0.1, -0.05) is 11.6 Å². The van der Waals surface area contributed by atoms with Gasteiger partial charge in [-0.25, -0.2) is 4.98 Å². The zero-order chi connectivity index (χ0) is 11.5. The molecule has 2 aromatic heterocycles. The van der Waals surface area contributed by atoms with Crippen molar-refractivity contribution in [2.45, 2.75) is 13.1 Å². The monoisotopic (exact) mass is 336 g/mol. The Bertz CT molecular complexity index is 427. The van der Waals surface area contributed by atoms with E-state index in [1.165, 1.54) is 21.1 Å². The topological polar surface area (TPSA) is 16.1 Å². The number of thiazole rings is 1. The predicted octanol–water partition coefficient (Wildman–Crippen LogP) is 4.25. The van der Waals surface area contributed by atoms with Gasteiger partial charge in [-0.2, -0.15) is 0 Å². The summed E-state index contributed by atoms with van der Waals surface area (Å²) in [5.41, 5.74) is 0. The van der Waals surface area contributed by atoms with Gasteiger partial charge in [0.15, 0.2) is 4.47 Å². The van der Waals surface area contributed by atoms with Crippen LogP contribution >= 0.6 is 50.2 Å². The van der Waals surface area contributed by atoms with Crippen LogP contribution in [0.3, 0.4) is 0 Å². The van der Waals surface area contributed by atoms with Crippen molar-refractivity contribution in [3.63, 3.8) is 0 Å². The predicted molar refractivity (Wildman–Crippen MR) is 74.3 cm³/mol. The number of rotatable bonds is 4. The molecule has 2 heterocycles. The first kappa shape index (κ1) is 12.5. The van der Waals surface area contributed by atoms with Gasteiger partial charge in [0, 0.05) is 38.9 Å². The van der Waals surface area contributed by atoms with Gasteiger partial charge in [0.2, 0.25) is 0 Å². The normalized spacial score (nSPS) is 11.2. The van der Waals surface area contributed by atoms with E-state index >= 15 is 0 Å². The fourth-order valence-corrected chi connectivity index (χ4v) is 3.97. The minimum atomic E-state index is 0.613. The number of nitrogens with zero attached hydrogens (tertiary/aromatic N) is 2. The number of thiophene rings is 1. The maximum Gasteiger partial charge on any atom is 0.183 e. The summed E-state index contributed by atoms with van der Waals surface area (Å²) < 4.78 is 1.77. The van der Waals surface area contributed by atoms with E-state index in [1.807, 2.05) is 6.20 Å². The number of hydrogen-bond donors (Lipinski definition) is 0. The van der Waals surface area contributed by atoms with E-state index in [9.17, 15) is 0 Å². The van der Waals surface area contributed by atoms with E-state index in [1.54, 1.807) is 11.3 Å². The molecular formula is C10H10BrClN2S2. The first-order chi connectivity index (χ1) is 7.63. The van der Waals surface area contributed by atoms with Gasteiger partial charge in [0.25, 0.3) is 0 Å². The van der Waals surface area contributed by atoms with Gasteiger partial charge in [-0.15, -0.1) is 22.7 Å². The Kier molecular flexibility index (Phi) is 4.38. The maximum atomic E-state index is 5.79. The smallest absolute Gasteiger partial charge is 0.183 e. The molecule has 0 spiro atoms. The molecule has 0 aliphatic rings. The lowest BCUT2D eigenvalue weighted by Gasteiger charge is -2.13. The molecule has 86 valence electrons. The summed E-state index contributed by atoms with van der Waals surface area (Å²) in [6, 6.07) is 2.15. The summed E-state index contributed by atoms with van der Waals surface area (Å²) in [6.45, 7) is 1.84. The molecule has 16 heavy (non-hydrogen) atoms. The van der Waals surface area contributed by atoms with Crippen LogP contribution in [0.15, 0.2) is 22.1 Å². The van der Waals surface area contributed by atoms with Crippen LogP contribution in [0.4, 0.5) is 0 Å². The van der Waals surface area contributed by atoms with Crippen molar-refractivity contribution in [2.24, 2.45) is 0 Å². The first-order valence-corrected chi connectivity index (χ1v) is 7.52. The zero-order valence-electron chi connectivity index (χ0n) is 8.61. The van der Waals surface area contributed by atoms with E-state index in [2.05, 4.69) is 44.3 Å². The summed E-state index contributed by atoms with van der Waals surface area (Å²) >= 11 is 12.6. The number of aromatic nitrogens is 1. The van der Waals surface area contributed by atoms with Crippen molar-refractivity contribution in [1.82, 2.24) is 9.88 Å². The number of halogens is 2. The van der Waals surface area contributed by atoms with Gasteiger partial charge in [0.05, 0.1) is 0 Å². The van der Waals surface area contributed by atoms with Gasteiger partial charge in [-0.3, -0.25) is 4.90 Å². The number of hydrogen-bond acceptors (Lipinski definition) is 4. The molecule has 0 bridgehead atoms. The Labute approximate surface area is 116 Å². The Balaban J connectivity index is 1.91. The Morgan fingerprint density at radius 2 is 2.19 bits per heavy atom. The highest BCUT2D eigenvalue weighted by Gasteiger charge is 2.06. The van der Waals surface area contributed by atoms with Crippen LogP contribution in [0.1, 0.15) is 9.75 Å². The maximum absolute atomic E-state index is 5.79. The van der Waals surface area contributed by atoms with Crippen molar-refractivity contribution in [3.05, 3.63) is 36.3 Å². The molecule has 0 aromatic carbocycles. The Morgan fingerprint density at radius 3 is 2.75 bits per heavy atom. The van der Waals surface area contributed by atoms with E-state index < -0.39 is 0 Å². The second kappa shape index (κ2) is 5.60. The molecule has 0 radical (unpaired) electrons. The molecular weight excluding hydrogens is 328 g/mol. The van der Waals surface area contributed by atoms with E-state index in [4.69, 9.17) is 11.6 Å². The van der Waals surface area contributed by atoms with Crippen LogP contribution in [0.25, 0.3) is 0 Å². The van der Waals surface area contributed by atoms with Crippen LogP contribution in [0, 0.1) is 0 Å². The lowest BCUT2D eigenvalue weighted by Crippen LogP contribution is -2.15. The molecule has 0 fully saturated rings. The van der Waals surface area contributed by atoms with E-state index in [0.717, 1.165) is 17.6 Å². The Hall–Kier alpha value is 0.0600. The van der Waals surface area contributed by atoms with Crippen molar-refractivity contribution in [1.29, 1.82) is 0 Å². The molecule has 0 aliphatic heterocycles. The summed E-state index contributed by atoms with van der Waals surface area (Å²) in [5.74, 6) is 0. The van der Waals surface area contributed by atoms with Crippen LogP contribution in [-0.4, -0.2) is 16.9 Å². The van der Waals surface area contributed by atoms with Crippen LogP contribution in [-0.2, 0) is 13.1 Å². The fourth-order valence-electron chi connectivity index (χ4n) is 1.38. The molecule has 0 aliphatic carbocycles. The second-order valence-corrected chi connectivity index (χ2v) is 7.09. The van der Waals surface area contributed by atoms with E-state index in [-0.39, 0.29) is 0 Å². The van der Waals surface area contributed by atoms with Crippen LogP contribution < -0.4 is 0 Å². The standard InChI is InChI=1S/C10H10BrClN2S2/c1-14(4-8-2-7(11)6-15-8)5-9-3-13-10(12)16-9/h2-3,6H,4-5H2,1H3. The lowest BCUT2D eigenvalue weighted by molar-refractivity contribution is 0.324. The van der Waals surface area contributed by atoms with Crippen molar-refractivity contribution in [2.75, 3.05) is 7.05 Å². The quantitative estimate of drug-likeness (QED) is 0.829. The van der Waals surface area contributed by atoms with E-state index in [0.29, 0.717) is 4.47 Å². The highest BCUT2D eigenvalue weighted by atomic mass is 79.9. The van der Waals surface area contributed by atoms with Gasteiger partial charge in [0.1, 0.15) is 0 Å². The highest BCUT2D eigenvalue weighted by molar-refractivity contribution is 9.10. The third-order valence-electron chi connectivity index (χ3n) is 2.00. The molecule has 0 unspecified atom stereocenters. The zero-order valence-corrected chi connectivity index (χ0v) is 12.6. The van der Waals surface area contributed by atoms with Crippen LogP contribution in [0.5, 0.6) is 0 Å². The van der Waals surface area contributed by atoms with Gasteiger partial charge >= 0.3 is 0 Å². The Morgan fingerprint density at radius 1 is 1.44 bits per heavy atom. The fraction of sp³-hybridized carbons (Fsp3) is 0.300. The summed E-state index contributed by atoms with van der Waals surface area (Å²) in [4.78, 5) is 8.83. The summed E-state index contributed by atoms with van der Waals surface area (Å²) in [5, 5.41) is 2.10. The van der Waals surface area contributed by atoms with Crippen molar-refractivity contribution in [3.8, 4) is 0 Å². The van der Waals surface area contributed by atoms with Crippen molar-refractivity contribution < 1.29 is 0 Å². The molecule has 2 aromatic rings. The average molecular weight is 338 g/mol. The third-order valence-corrected chi connectivity index (χ3v) is 4.78. The molecule has 2 nitrogen and oxygen atoms in total. The lowest BCUT2D eigenvalue weighted by atomic mass is 10.4. The van der Waals surface area contributed by atoms with Gasteiger partial charge in [-0.05, 0) is 29.0 Å². The molecule has 0 saturated heterocycles. The largest absolute Gasteiger partial charge is 0.296 e. The molecule has 6 heteroatoms. The second-order valence-electron chi connectivity index (χ2n) is 3.48. The summed E-state index contributed by atoms with van der Waals surface area (Å²) in [6.07, 6.45) is 1.84. The third kappa shape index (κ3) is 3.53. The minimum Gasteiger partial charge on any atom is -0.296 e. The SMILES string of the molecule is CN(Cc1cc(Br)cs1)Cc1cnc(Cl)s1. The molecule has 0 amide bonds. The van der Waals surface area contributed by atoms with Gasteiger partial charge < -0.3 is 0 Å². The molecule has 2 rings (SSSR count). The average Bonchev–Trinajstić information content (AvgIpc) is 2.76. The molecule has 0 N–H and O–H groups in total. The van der Waals surface area contributed by atoms with Crippen LogP contribution in [0.2, 0.25) is 4.47 Å². The highest BCUT2D eigenvalue weighted by Crippen LogP contribution is 2.23. The van der Waals surface area contributed by atoms with Crippen molar-refractivity contribution >= 4 is 50.2 Å². The first-order valence-electron chi connectivity index (χ1n) is 4.65.